The number of anilines is 1. The summed E-state index contributed by atoms with van der Waals surface area (Å²) < 4.78 is 2.20. The Morgan fingerprint density at radius 1 is 0.903 bits per heavy atom. The van der Waals surface area contributed by atoms with Crippen LogP contribution in [0.4, 0.5) is 5.82 Å². The summed E-state index contributed by atoms with van der Waals surface area (Å²) in [4.78, 5) is 14.2. The van der Waals surface area contributed by atoms with E-state index in [1.54, 1.807) is 0 Å². The lowest BCUT2D eigenvalue weighted by molar-refractivity contribution is 0.312. The van der Waals surface area contributed by atoms with Crippen molar-refractivity contribution in [1.29, 1.82) is 0 Å². The SMILES string of the molecule is CN(C)CCCNc1nc(CN(C)Cc2cn(C)c3ccccc23)nc2ccccc12. The zero-order chi connectivity index (χ0) is 21.8. The number of fused-ring (bicyclic) bond motifs is 2. The smallest absolute Gasteiger partial charge is 0.145 e. The summed E-state index contributed by atoms with van der Waals surface area (Å²) in [5.41, 5.74) is 3.57. The van der Waals surface area contributed by atoms with Crippen LogP contribution in [0.3, 0.4) is 0 Å². The minimum Gasteiger partial charge on any atom is -0.369 e. The van der Waals surface area contributed by atoms with Crippen LogP contribution in [0, 0.1) is 0 Å². The van der Waals surface area contributed by atoms with Gasteiger partial charge < -0.3 is 14.8 Å². The second kappa shape index (κ2) is 9.45. The van der Waals surface area contributed by atoms with E-state index >= 15 is 0 Å². The summed E-state index contributed by atoms with van der Waals surface area (Å²) in [5.74, 6) is 1.77. The van der Waals surface area contributed by atoms with E-state index in [1.165, 1.54) is 16.5 Å². The molecule has 0 atom stereocenters. The first-order chi connectivity index (χ1) is 15.0. The maximum absolute atomic E-state index is 4.88. The predicted molar refractivity (Wildman–Crippen MR) is 129 cm³/mol. The number of hydrogen-bond donors (Lipinski definition) is 1. The van der Waals surface area contributed by atoms with E-state index in [9.17, 15) is 0 Å². The van der Waals surface area contributed by atoms with Gasteiger partial charge in [0.25, 0.3) is 0 Å². The van der Waals surface area contributed by atoms with E-state index in [-0.39, 0.29) is 0 Å². The van der Waals surface area contributed by atoms with Gasteiger partial charge in [-0.05, 0) is 57.9 Å². The Morgan fingerprint density at radius 2 is 1.65 bits per heavy atom. The first-order valence-corrected chi connectivity index (χ1v) is 10.9. The monoisotopic (exact) mass is 416 g/mol. The third kappa shape index (κ3) is 5.03. The largest absolute Gasteiger partial charge is 0.369 e. The molecule has 6 heteroatoms. The van der Waals surface area contributed by atoms with Gasteiger partial charge in [0.05, 0.1) is 12.1 Å². The summed E-state index contributed by atoms with van der Waals surface area (Å²) >= 11 is 0. The van der Waals surface area contributed by atoms with Gasteiger partial charge in [-0.3, -0.25) is 4.90 Å². The molecule has 162 valence electrons. The van der Waals surface area contributed by atoms with E-state index in [4.69, 9.17) is 9.97 Å². The Bertz CT molecular complexity index is 1160. The van der Waals surface area contributed by atoms with Gasteiger partial charge in [-0.1, -0.05) is 30.3 Å². The fourth-order valence-electron chi connectivity index (χ4n) is 4.07. The molecule has 0 amide bonds. The second-order valence-electron chi connectivity index (χ2n) is 8.54. The van der Waals surface area contributed by atoms with Crippen LogP contribution in [-0.2, 0) is 20.1 Å². The van der Waals surface area contributed by atoms with Crippen LogP contribution < -0.4 is 5.32 Å². The summed E-state index contributed by atoms with van der Waals surface area (Å²) in [5, 5.41) is 5.92. The van der Waals surface area contributed by atoms with Crippen molar-refractivity contribution in [2.75, 3.05) is 39.5 Å². The fraction of sp³-hybridized carbons (Fsp3) is 0.360. The molecule has 0 fully saturated rings. The van der Waals surface area contributed by atoms with E-state index in [2.05, 4.69) is 90.5 Å². The highest BCUT2D eigenvalue weighted by atomic mass is 15.1. The minimum absolute atomic E-state index is 0.695. The highest BCUT2D eigenvalue weighted by Crippen LogP contribution is 2.23. The molecule has 0 radical (unpaired) electrons. The Balaban J connectivity index is 1.51. The third-order valence-electron chi connectivity index (χ3n) is 5.56. The normalized spacial score (nSPS) is 11.8. The molecule has 2 aromatic heterocycles. The maximum Gasteiger partial charge on any atom is 0.145 e. The number of aromatic nitrogens is 3. The highest BCUT2D eigenvalue weighted by Gasteiger charge is 2.12. The number of para-hydroxylation sites is 2. The van der Waals surface area contributed by atoms with Gasteiger partial charge in [0.1, 0.15) is 11.6 Å². The molecule has 0 unspecified atom stereocenters. The van der Waals surface area contributed by atoms with Crippen molar-refractivity contribution in [3.63, 3.8) is 0 Å². The second-order valence-corrected chi connectivity index (χ2v) is 8.54. The van der Waals surface area contributed by atoms with Gasteiger partial charge in [-0.15, -0.1) is 0 Å². The summed E-state index contributed by atoms with van der Waals surface area (Å²) in [6.07, 6.45) is 3.29. The van der Waals surface area contributed by atoms with E-state index in [0.717, 1.165) is 48.6 Å². The molecule has 4 aromatic rings. The van der Waals surface area contributed by atoms with Crippen molar-refractivity contribution in [2.24, 2.45) is 7.05 Å². The minimum atomic E-state index is 0.695. The molecule has 2 heterocycles. The zero-order valence-corrected chi connectivity index (χ0v) is 19.0. The summed E-state index contributed by atoms with van der Waals surface area (Å²) in [7, 11) is 8.44. The molecule has 0 saturated carbocycles. The lowest BCUT2D eigenvalue weighted by Gasteiger charge is -2.17. The average Bonchev–Trinajstić information content (AvgIpc) is 3.06. The van der Waals surface area contributed by atoms with Crippen LogP contribution in [0.2, 0.25) is 0 Å². The van der Waals surface area contributed by atoms with Crippen LogP contribution in [0.25, 0.3) is 21.8 Å². The highest BCUT2D eigenvalue weighted by molar-refractivity contribution is 5.89. The number of nitrogens with zero attached hydrogens (tertiary/aromatic N) is 5. The van der Waals surface area contributed by atoms with Crippen molar-refractivity contribution in [3.05, 3.63) is 66.1 Å². The number of aryl methyl sites for hydroxylation is 1. The van der Waals surface area contributed by atoms with Gasteiger partial charge in [-0.2, -0.15) is 0 Å². The molecule has 0 spiro atoms. The first kappa shape index (κ1) is 21.3. The van der Waals surface area contributed by atoms with E-state index < -0.39 is 0 Å². The Morgan fingerprint density at radius 3 is 2.45 bits per heavy atom. The van der Waals surface area contributed by atoms with Crippen molar-refractivity contribution in [2.45, 2.75) is 19.5 Å². The third-order valence-corrected chi connectivity index (χ3v) is 5.56. The zero-order valence-electron chi connectivity index (χ0n) is 19.0. The van der Waals surface area contributed by atoms with Crippen molar-refractivity contribution >= 4 is 27.6 Å². The number of rotatable bonds is 9. The van der Waals surface area contributed by atoms with E-state index in [1.807, 2.05) is 12.1 Å². The molecule has 4 rings (SSSR count). The van der Waals surface area contributed by atoms with Crippen LogP contribution >= 0.6 is 0 Å². The molecule has 0 saturated heterocycles. The van der Waals surface area contributed by atoms with Gasteiger partial charge >= 0.3 is 0 Å². The van der Waals surface area contributed by atoms with Gasteiger partial charge in [-0.25, -0.2) is 9.97 Å². The van der Waals surface area contributed by atoms with Crippen LogP contribution in [0.5, 0.6) is 0 Å². The lowest BCUT2D eigenvalue weighted by atomic mass is 10.1. The summed E-state index contributed by atoms with van der Waals surface area (Å²) in [6, 6.07) is 16.8. The van der Waals surface area contributed by atoms with Crippen LogP contribution in [0.15, 0.2) is 54.7 Å². The van der Waals surface area contributed by atoms with Gasteiger partial charge in [0.15, 0.2) is 0 Å². The number of nitrogens with one attached hydrogen (secondary N) is 1. The van der Waals surface area contributed by atoms with Crippen molar-refractivity contribution in [3.8, 4) is 0 Å². The molecule has 1 N–H and O–H groups in total. The Kier molecular flexibility index (Phi) is 6.49. The van der Waals surface area contributed by atoms with Crippen LogP contribution in [-0.4, -0.2) is 58.6 Å². The van der Waals surface area contributed by atoms with Crippen molar-refractivity contribution < 1.29 is 0 Å². The number of hydrogen-bond acceptors (Lipinski definition) is 5. The molecule has 0 bridgehead atoms. The Hall–Kier alpha value is -2.96. The predicted octanol–water partition coefficient (Wildman–Crippen LogP) is 4.12. The molecule has 0 aliphatic heterocycles. The molecule has 0 aliphatic carbocycles. The topological polar surface area (TPSA) is 49.2 Å². The fourth-order valence-corrected chi connectivity index (χ4v) is 4.07. The molecule has 6 nitrogen and oxygen atoms in total. The Labute approximate surface area is 184 Å². The average molecular weight is 417 g/mol. The lowest BCUT2D eigenvalue weighted by Crippen LogP contribution is -2.20. The van der Waals surface area contributed by atoms with Gasteiger partial charge in [0, 0.05) is 42.6 Å². The van der Waals surface area contributed by atoms with Gasteiger partial charge in [0.2, 0.25) is 0 Å². The van der Waals surface area contributed by atoms with Crippen molar-refractivity contribution in [1.82, 2.24) is 24.3 Å². The molecule has 2 aromatic carbocycles. The molecule has 0 aliphatic rings. The molecular formula is C25H32N6. The molecular weight excluding hydrogens is 384 g/mol. The number of benzene rings is 2. The van der Waals surface area contributed by atoms with Crippen LogP contribution in [0.1, 0.15) is 17.8 Å². The first-order valence-electron chi connectivity index (χ1n) is 10.9. The summed E-state index contributed by atoms with van der Waals surface area (Å²) in [6.45, 7) is 3.49. The standard InChI is InChI=1S/C25H32N6/c1-29(2)15-9-14-26-25-21-11-5-7-12-22(21)27-24(28-25)18-30(3)16-19-17-31(4)23-13-8-6-10-20(19)23/h5-8,10-13,17H,9,14-16,18H2,1-4H3,(H,26,27,28). The maximum atomic E-state index is 4.88. The van der Waals surface area contributed by atoms with E-state index in [0.29, 0.717) is 6.54 Å². The quantitative estimate of drug-likeness (QED) is 0.416. The molecule has 31 heavy (non-hydrogen) atoms.